The molecule has 1 aliphatic carbocycles. The molecule has 9 rings (SSSR count). The number of carbonyl (C=O) groups excluding carboxylic acids is 1. The molecule has 2 aliphatic rings. The number of hydrogen-bond acceptors (Lipinski definition) is 3. The lowest BCUT2D eigenvalue weighted by Gasteiger charge is -2.26. The van der Waals surface area contributed by atoms with Gasteiger partial charge in [0.25, 0.3) is 5.91 Å². The van der Waals surface area contributed by atoms with Gasteiger partial charge in [0.05, 0.1) is 11.4 Å². The van der Waals surface area contributed by atoms with Crippen molar-refractivity contribution in [3.8, 4) is 0 Å². The zero-order chi connectivity index (χ0) is 29.2. The minimum Gasteiger partial charge on any atom is -0.456 e. The molecule has 210 valence electrons. The first kappa shape index (κ1) is 25.1. The number of pyridine rings is 1. The number of amides is 1. The lowest BCUT2D eigenvalue weighted by Crippen LogP contribution is -2.29. The van der Waals surface area contributed by atoms with Crippen molar-refractivity contribution < 1.29 is 9.21 Å². The summed E-state index contributed by atoms with van der Waals surface area (Å²) in [6.45, 7) is 0. The highest BCUT2D eigenvalue weighted by Gasteiger charge is 2.38. The lowest BCUT2D eigenvalue weighted by molar-refractivity contribution is -0.114. The van der Waals surface area contributed by atoms with Gasteiger partial charge in [-0.15, -0.1) is 0 Å². The van der Waals surface area contributed by atoms with E-state index in [0.29, 0.717) is 0 Å². The zero-order valence-electron chi connectivity index (χ0n) is 24.0. The number of carbonyl (C=O) groups is 1. The fourth-order valence-electron chi connectivity index (χ4n) is 7.42. The van der Waals surface area contributed by atoms with Crippen molar-refractivity contribution in [2.24, 2.45) is 5.92 Å². The molecular weight excluding hydrogens is 540 g/mol. The number of aromatic nitrogens is 1. The highest BCUT2D eigenvalue weighted by atomic mass is 16.3. The van der Waals surface area contributed by atoms with Crippen LogP contribution in [0.2, 0.25) is 0 Å². The number of furan rings is 1. The third-order valence-corrected chi connectivity index (χ3v) is 9.43. The number of aryl methyl sites for hydroxylation is 1. The van der Waals surface area contributed by atoms with E-state index in [2.05, 4.69) is 77.8 Å². The van der Waals surface area contributed by atoms with Crippen molar-refractivity contribution in [2.45, 2.75) is 19.3 Å². The fourth-order valence-corrected chi connectivity index (χ4v) is 7.42. The Hall–Kier alpha value is -5.48. The minimum atomic E-state index is 0.0275. The molecular formula is C40H28N2O2. The Labute approximate surface area is 254 Å². The summed E-state index contributed by atoms with van der Waals surface area (Å²) in [7, 11) is 0. The van der Waals surface area contributed by atoms with Crippen LogP contribution in [0.15, 0.2) is 138 Å². The summed E-state index contributed by atoms with van der Waals surface area (Å²) in [4.78, 5) is 21.8. The average molecular weight is 569 g/mol. The van der Waals surface area contributed by atoms with Crippen LogP contribution in [0.25, 0.3) is 38.3 Å². The van der Waals surface area contributed by atoms with E-state index < -0.39 is 0 Å². The summed E-state index contributed by atoms with van der Waals surface area (Å²) in [6.07, 6.45) is 6.38. The van der Waals surface area contributed by atoms with Crippen LogP contribution in [0.4, 0.5) is 11.4 Å². The van der Waals surface area contributed by atoms with E-state index in [-0.39, 0.29) is 11.8 Å². The van der Waals surface area contributed by atoms with Crippen LogP contribution in [0.5, 0.6) is 0 Å². The molecule has 44 heavy (non-hydrogen) atoms. The molecule has 4 nitrogen and oxygen atoms in total. The van der Waals surface area contributed by atoms with E-state index in [4.69, 9.17) is 4.42 Å². The number of anilines is 2. The maximum absolute atomic E-state index is 15.4. The first-order valence-corrected chi connectivity index (χ1v) is 15.2. The van der Waals surface area contributed by atoms with Crippen LogP contribution in [0.3, 0.4) is 0 Å². The second-order valence-corrected chi connectivity index (χ2v) is 11.8. The van der Waals surface area contributed by atoms with E-state index >= 15 is 4.79 Å². The summed E-state index contributed by atoms with van der Waals surface area (Å²) >= 11 is 0. The first-order chi connectivity index (χ1) is 21.7. The normalized spacial score (nSPS) is 16.5. The first-order valence-electron chi connectivity index (χ1n) is 15.2. The van der Waals surface area contributed by atoms with Crippen LogP contribution in [-0.2, 0) is 17.6 Å². The molecule has 1 atom stereocenters. The number of para-hydroxylation sites is 2. The van der Waals surface area contributed by atoms with Crippen LogP contribution in [0.1, 0.15) is 28.7 Å². The number of benzene rings is 5. The molecule has 1 aliphatic heterocycles. The summed E-state index contributed by atoms with van der Waals surface area (Å²) in [6, 6.07) is 39.6. The molecule has 0 fully saturated rings. The molecule has 7 aromatic rings. The number of nitrogens with zero attached hydrogens (tertiary/aromatic N) is 2. The van der Waals surface area contributed by atoms with Crippen LogP contribution >= 0.6 is 0 Å². The van der Waals surface area contributed by atoms with Crippen molar-refractivity contribution in [1.29, 1.82) is 0 Å². The Bertz CT molecular complexity index is 2310. The molecule has 1 amide bonds. The van der Waals surface area contributed by atoms with Crippen molar-refractivity contribution in [1.82, 2.24) is 4.98 Å². The van der Waals surface area contributed by atoms with Crippen molar-refractivity contribution >= 4 is 55.6 Å². The monoisotopic (exact) mass is 568 g/mol. The predicted octanol–water partition coefficient (Wildman–Crippen LogP) is 9.42. The molecule has 4 heteroatoms. The minimum absolute atomic E-state index is 0.0275. The molecule has 0 N–H and O–H groups in total. The van der Waals surface area contributed by atoms with Gasteiger partial charge >= 0.3 is 0 Å². The molecule has 5 aromatic carbocycles. The van der Waals surface area contributed by atoms with Gasteiger partial charge < -0.3 is 4.42 Å². The Kier molecular flexibility index (Phi) is 5.57. The largest absolute Gasteiger partial charge is 0.456 e. The summed E-state index contributed by atoms with van der Waals surface area (Å²) < 4.78 is 6.15. The smallest absolute Gasteiger partial charge is 0.259 e. The second kappa shape index (κ2) is 9.78. The van der Waals surface area contributed by atoms with Crippen LogP contribution in [-0.4, -0.2) is 10.9 Å². The summed E-state index contributed by atoms with van der Waals surface area (Å²) in [5, 5.41) is 4.22. The van der Waals surface area contributed by atoms with Gasteiger partial charge in [0.15, 0.2) is 0 Å². The zero-order valence-corrected chi connectivity index (χ0v) is 24.0. The molecule has 3 heterocycles. The van der Waals surface area contributed by atoms with E-state index in [1.807, 2.05) is 59.8 Å². The van der Waals surface area contributed by atoms with E-state index in [9.17, 15) is 0 Å². The molecule has 0 radical (unpaired) electrons. The van der Waals surface area contributed by atoms with Gasteiger partial charge in [-0.05, 0) is 94.8 Å². The third kappa shape index (κ3) is 3.77. The van der Waals surface area contributed by atoms with Gasteiger partial charge in [-0.1, -0.05) is 78.9 Å². The molecule has 0 spiro atoms. The average Bonchev–Trinajstić information content (AvgIpc) is 3.29. The van der Waals surface area contributed by atoms with Gasteiger partial charge in [0, 0.05) is 34.1 Å². The highest BCUT2D eigenvalue weighted by molar-refractivity contribution is 6.19. The third-order valence-electron chi connectivity index (χ3n) is 9.43. The number of rotatable bonds is 2. The highest BCUT2D eigenvalue weighted by Crippen LogP contribution is 2.47. The van der Waals surface area contributed by atoms with Crippen molar-refractivity contribution in [2.75, 3.05) is 4.90 Å². The lowest BCUT2D eigenvalue weighted by atomic mass is 9.83. The maximum Gasteiger partial charge on any atom is 0.259 e. The molecule has 1 unspecified atom stereocenters. The van der Waals surface area contributed by atoms with Gasteiger partial charge in [0.1, 0.15) is 11.2 Å². The number of hydrogen-bond donors (Lipinski definition) is 0. The molecule has 2 aromatic heterocycles. The van der Waals surface area contributed by atoms with E-state index in [0.717, 1.165) is 85.6 Å². The number of fused-ring (bicyclic) bond motifs is 7. The predicted molar refractivity (Wildman–Crippen MR) is 177 cm³/mol. The maximum atomic E-state index is 15.4. The van der Waals surface area contributed by atoms with Crippen LogP contribution < -0.4 is 4.90 Å². The van der Waals surface area contributed by atoms with Crippen LogP contribution in [0, 0.1) is 5.92 Å². The van der Waals surface area contributed by atoms with Gasteiger partial charge in [-0.3, -0.25) is 14.7 Å². The molecule has 0 bridgehead atoms. The quantitative estimate of drug-likeness (QED) is 0.209. The summed E-state index contributed by atoms with van der Waals surface area (Å²) in [5.41, 5.74) is 10.00. The van der Waals surface area contributed by atoms with Crippen molar-refractivity contribution in [3.63, 3.8) is 0 Å². The standard InChI is InChI=1S/C40H28N2O2/c43-40-38-28(17-16-25-8-1-3-11-30(25)39(38)32-13-7-10-26-20-21-41-24-34(26)32)22-27-9-2-5-14-35(27)42(40)29-18-19-37-33(23-29)31-12-4-6-15-36(31)44-37/h1-15,18-21,23-24,28H,16-17,22H2. The Balaban J connectivity index is 1.36. The Morgan fingerprint density at radius 1 is 0.705 bits per heavy atom. The van der Waals surface area contributed by atoms with Gasteiger partial charge in [0.2, 0.25) is 0 Å². The Morgan fingerprint density at radius 2 is 1.50 bits per heavy atom. The van der Waals surface area contributed by atoms with Gasteiger partial charge in [-0.2, -0.15) is 0 Å². The van der Waals surface area contributed by atoms with Gasteiger partial charge in [-0.25, -0.2) is 0 Å². The summed E-state index contributed by atoms with van der Waals surface area (Å²) in [5.74, 6) is 0.0844. The Morgan fingerprint density at radius 3 is 2.45 bits per heavy atom. The van der Waals surface area contributed by atoms with Crippen molar-refractivity contribution in [3.05, 3.63) is 155 Å². The molecule has 0 saturated carbocycles. The topological polar surface area (TPSA) is 46.3 Å². The molecule has 0 saturated heterocycles. The second-order valence-electron chi connectivity index (χ2n) is 11.8. The fraction of sp³-hybridized carbons (Fsp3) is 0.100. The SMILES string of the molecule is O=C1C2=C(c3cccc4ccncc34)c3ccccc3CCC2Cc2ccccc2N1c1ccc2oc3ccccc3c2c1. The van der Waals surface area contributed by atoms with E-state index in [1.54, 1.807) is 0 Å². The van der Waals surface area contributed by atoms with E-state index in [1.165, 1.54) is 11.1 Å².